The highest BCUT2D eigenvalue weighted by atomic mass is 32.1. The summed E-state index contributed by atoms with van der Waals surface area (Å²) in [7, 11) is 1.74. The summed E-state index contributed by atoms with van der Waals surface area (Å²) in [6.45, 7) is 7.27. The van der Waals surface area contributed by atoms with Crippen molar-refractivity contribution in [2.75, 3.05) is 18.0 Å². The Balaban J connectivity index is 1.83. The SMILES string of the molecule is Cn1c(N2CCC(C(=O)NC(C)(C)C)C2)nc2ccsc2c1=O. The van der Waals surface area contributed by atoms with E-state index in [0.717, 1.165) is 18.5 Å². The van der Waals surface area contributed by atoms with Crippen molar-refractivity contribution in [1.29, 1.82) is 0 Å². The number of carbonyl (C=O) groups is 1. The summed E-state index contributed by atoms with van der Waals surface area (Å²) in [5.74, 6) is 0.651. The second-order valence-corrected chi connectivity index (χ2v) is 8.00. The van der Waals surface area contributed by atoms with Crippen LogP contribution in [0.5, 0.6) is 0 Å². The highest BCUT2D eigenvalue weighted by molar-refractivity contribution is 7.17. The third kappa shape index (κ3) is 3.10. The normalized spacial score (nSPS) is 18.6. The van der Waals surface area contributed by atoms with Crippen LogP contribution in [0.25, 0.3) is 10.2 Å². The van der Waals surface area contributed by atoms with Crippen LogP contribution in [-0.2, 0) is 11.8 Å². The topological polar surface area (TPSA) is 67.2 Å². The van der Waals surface area contributed by atoms with E-state index in [9.17, 15) is 9.59 Å². The largest absolute Gasteiger partial charge is 0.351 e. The molecule has 1 fully saturated rings. The van der Waals surface area contributed by atoms with Crippen molar-refractivity contribution in [3.05, 3.63) is 21.8 Å². The van der Waals surface area contributed by atoms with Gasteiger partial charge in [0, 0.05) is 25.7 Å². The van der Waals surface area contributed by atoms with Crippen LogP contribution < -0.4 is 15.8 Å². The molecule has 2 aromatic rings. The monoisotopic (exact) mass is 334 g/mol. The highest BCUT2D eigenvalue weighted by Crippen LogP contribution is 2.24. The standard InChI is InChI=1S/C16H22N4O2S/c1-16(2,3)18-13(21)10-5-7-20(9-10)15-17-11-6-8-23-12(11)14(22)19(15)4/h6,8,10H,5,7,9H2,1-4H3,(H,18,21). The minimum Gasteiger partial charge on any atom is -0.351 e. The summed E-state index contributed by atoms with van der Waals surface area (Å²) < 4.78 is 2.26. The van der Waals surface area contributed by atoms with Gasteiger partial charge in [0.15, 0.2) is 0 Å². The molecule has 124 valence electrons. The fraction of sp³-hybridized carbons (Fsp3) is 0.562. The molecule has 1 unspecified atom stereocenters. The van der Waals surface area contributed by atoms with Crippen LogP contribution in [0.4, 0.5) is 5.95 Å². The first kappa shape index (κ1) is 16.0. The predicted molar refractivity (Wildman–Crippen MR) is 93.1 cm³/mol. The van der Waals surface area contributed by atoms with Gasteiger partial charge in [-0.2, -0.15) is 0 Å². The molecular weight excluding hydrogens is 312 g/mol. The van der Waals surface area contributed by atoms with Crippen molar-refractivity contribution in [2.45, 2.75) is 32.7 Å². The van der Waals surface area contributed by atoms with Gasteiger partial charge >= 0.3 is 0 Å². The van der Waals surface area contributed by atoms with Crippen LogP contribution in [0.2, 0.25) is 0 Å². The van der Waals surface area contributed by atoms with Gasteiger partial charge in [0.1, 0.15) is 4.70 Å². The second kappa shape index (κ2) is 5.63. The van der Waals surface area contributed by atoms with Gasteiger partial charge in [-0.3, -0.25) is 14.2 Å². The molecule has 1 amide bonds. The van der Waals surface area contributed by atoms with E-state index in [1.165, 1.54) is 11.3 Å². The van der Waals surface area contributed by atoms with E-state index in [2.05, 4.69) is 10.3 Å². The number of fused-ring (bicyclic) bond motifs is 1. The Kier molecular flexibility index (Phi) is 3.91. The molecule has 1 N–H and O–H groups in total. The number of hydrogen-bond acceptors (Lipinski definition) is 5. The molecule has 0 aromatic carbocycles. The average molecular weight is 334 g/mol. The lowest BCUT2D eigenvalue weighted by atomic mass is 10.0. The quantitative estimate of drug-likeness (QED) is 0.908. The number of nitrogens with zero attached hydrogens (tertiary/aromatic N) is 3. The molecule has 0 spiro atoms. The number of aromatic nitrogens is 2. The number of anilines is 1. The lowest BCUT2D eigenvalue weighted by molar-refractivity contribution is -0.125. The van der Waals surface area contributed by atoms with Crippen molar-refractivity contribution < 1.29 is 4.79 Å². The molecular formula is C16H22N4O2S. The molecule has 7 heteroatoms. The minimum atomic E-state index is -0.231. The summed E-state index contributed by atoms with van der Waals surface area (Å²) >= 11 is 1.41. The maximum atomic E-state index is 12.4. The van der Waals surface area contributed by atoms with Gasteiger partial charge in [0.2, 0.25) is 11.9 Å². The molecule has 0 radical (unpaired) electrons. The lowest BCUT2D eigenvalue weighted by Crippen LogP contribution is -2.44. The third-order valence-corrected chi connectivity index (χ3v) is 4.90. The summed E-state index contributed by atoms with van der Waals surface area (Å²) in [5, 5.41) is 4.91. The van der Waals surface area contributed by atoms with E-state index in [1.54, 1.807) is 11.6 Å². The van der Waals surface area contributed by atoms with Gasteiger partial charge in [-0.1, -0.05) is 0 Å². The Morgan fingerprint density at radius 2 is 2.17 bits per heavy atom. The number of amides is 1. The zero-order chi connectivity index (χ0) is 16.8. The Morgan fingerprint density at radius 3 is 2.87 bits per heavy atom. The summed E-state index contributed by atoms with van der Waals surface area (Å²) in [6, 6.07) is 1.87. The Morgan fingerprint density at radius 1 is 1.43 bits per heavy atom. The van der Waals surface area contributed by atoms with E-state index in [-0.39, 0.29) is 22.9 Å². The molecule has 1 atom stereocenters. The summed E-state index contributed by atoms with van der Waals surface area (Å²) in [5.41, 5.74) is 0.476. The van der Waals surface area contributed by atoms with Crippen molar-refractivity contribution in [3.63, 3.8) is 0 Å². The maximum Gasteiger partial charge on any atom is 0.272 e. The number of hydrogen-bond donors (Lipinski definition) is 1. The number of thiophene rings is 1. The summed E-state index contributed by atoms with van der Waals surface area (Å²) in [6.07, 6.45) is 0.777. The van der Waals surface area contributed by atoms with Gasteiger partial charge < -0.3 is 10.2 Å². The number of nitrogens with one attached hydrogen (secondary N) is 1. The van der Waals surface area contributed by atoms with E-state index in [1.807, 2.05) is 37.1 Å². The Hall–Kier alpha value is -1.89. The molecule has 1 aliphatic heterocycles. The maximum absolute atomic E-state index is 12.4. The van der Waals surface area contributed by atoms with E-state index < -0.39 is 0 Å². The minimum absolute atomic E-state index is 0.0254. The van der Waals surface area contributed by atoms with Crippen LogP contribution in [0.15, 0.2) is 16.2 Å². The van der Waals surface area contributed by atoms with Crippen LogP contribution >= 0.6 is 11.3 Å². The molecule has 3 rings (SSSR count). The van der Waals surface area contributed by atoms with Crippen molar-refractivity contribution >= 4 is 33.4 Å². The average Bonchev–Trinajstić information content (AvgIpc) is 3.09. The van der Waals surface area contributed by atoms with Gasteiger partial charge in [0.25, 0.3) is 5.56 Å². The molecule has 1 aliphatic rings. The first-order valence-electron chi connectivity index (χ1n) is 7.77. The third-order valence-electron chi connectivity index (χ3n) is 4.00. The van der Waals surface area contributed by atoms with Crippen LogP contribution in [0, 0.1) is 5.92 Å². The molecule has 0 saturated carbocycles. The molecule has 0 bridgehead atoms. The second-order valence-electron chi connectivity index (χ2n) is 7.08. The lowest BCUT2D eigenvalue weighted by Gasteiger charge is -2.23. The smallest absolute Gasteiger partial charge is 0.272 e. The molecule has 2 aromatic heterocycles. The zero-order valence-corrected chi connectivity index (χ0v) is 14.7. The molecule has 0 aliphatic carbocycles. The van der Waals surface area contributed by atoms with Gasteiger partial charge in [-0.15, -0.1) is 11.3 Å². The van der Waals surface area contributed by atoms with Crippen molar-refractivity contribution in [1.82, 2.24) is 14.9 Å². The van der Waals surface area contributed by atoms with Crippen molar-refractivity contribution in [2.24, 2.45) is 13.0 Å². The molecule has 1 saturated heterocycles. The molecule has 3 heterocycles. The van der Waals surface area contributed by atoms with Crippen molar-refractivity contribution in [3.8, 4) is 0 Å². The Bertz CT molecular complexity index is 802. The first-order chi connectivity index (χ1) is 10.8. The Labute approximate surface area is 139 Å². The van der Waals surface area contributed by atoms with Gasteiger partial charge in [-0.25, -0.2) is 4.98 Å². The number of carbonyl (C=O) groups excluding carboxylic acids is 1. The number of rotatable bonds is 2. The zero-order valence-electron chi connectivity index (χ0n) is 13.9. The van der Waals surface area contributed by atoms with Gasteiger partial charge in [-0.05, 0) is 38.6 Å². The van der Waals surface area contributed by atoms with Crippen LogP contribution in [-0.4, -0.2) is 34.1 Å². The van der Waals surface area contributed by atoms with E-state index in [4.69, 9.17) is 0 Å². The summed E-state index contributed by atoms with van der Waals surface area (Å²) in [4.78, 5) is 31.4. The fourth-order valence-corrected chi connectivity index (χ4v) is 3.69. The van der Waals surface area contributed by atoms with E-state index >= 15 is 0 Å². The first-order valence-corrected chi connectivity index (χ1v) is 8.65. The van der Waals surface area contributed by atoms with Crippen LogP contribution in [0.1, 0.15) is 27.2 Å². The molecule has 6 nitrogen and oxygen atoms in total. The van der Waals surface area contributed by atoms with E-state index in [0.29, 0.717) is 17.2 Å². The van der Waals surface area contributed by atoms with Gasteiger partial charge in [0.05, 0.1) is 11.4 Å². The fourth-order valence-electron chi connectivity index (χ4n) is 2.89. The van der Waals surface area contributed by atoms with Crippen LogP contribution in [0.3, 0.4) is 0 Å². The molecule has 23 heavy (non-hydrogen) atoms. The predicted octanol–water partition coefficient (Wildman–Crippen LogP) is 1.74. The highest BCUT2D eigenvalue weighted by Gasteiger charge is 2.32.